The highest BCUT2D eigenvalue weighted by molar-refractivity contribution is 9.09. The molecular formula is C11H17BrN2S. The molecule has 1 fully saturated rings. The van der Waals surface area contributed by atoms with E-state index in [1.807, 2.05) is 0 Å². The lowest BCUT2D eigenvalue weighted by Gasteiger charge is -2.35. The summed E-state index contributed by atoms with van der Waals surface area (Å²) in [4.78, 5) is 7.73. The normalized spacial score (nSPS) is 27.0. The number of nitrogens with zero attached hydrogens (tertiary/aromatic N) is 2. The van der Waals surface area contributed by atoms with Gasteiger partial charge in [0, 0.05) is 22.8 Å². The van der Waals surface area contributed by atoms with Crippen molar-refractivity contribution in [2.24, 2.45) is 0 Å². The van der Waals surface area contributed by atoms with Crippen LogP contribution in [0.3, 0.4) is 0 Å². The molecule has 0 aromatic carbocycles. The molecule has 2 rings (SSSR count). The summed E-state index contributed by atoms with van der Waals surface area (Å²) >= 11 is 5.49. The molecule has 0 radical (unpaired) electrons. The molecule has 0 spiro atoms. The van der Waals surface area contributed by atoms with Gasteiger partial charge >= 0.3 is 0 Å². The zero-order chi connectivity index (χ0) is 10.8. The summed E-state index contributed by atoms with van der Waals surface area (Å²) in [6, 6.07) is 0.634. The molecule has 2 nitrogen and oxygen atoms in total. The molecule has 1 aliphatic rings. The van der Waals surface area contributed by atoms with Gasteiger partial charge in [0.05, 0.1) is 5.69 Å². The average Bonchev–Trinajstić information content (AvgIpc) is 2.70. The highest BCUT2D eigenvalue weighted by atomic mass is 79.9. The van der Waals surface area contributed by atoms with Crippen molar-refractivity contribution in [3.8, 4) is 0 Å². The smallest absolute Gasteiger partial charge is 0.185 e. The van der Waals surface area contributed by atoms with Gasteiger partial charge in [0.1, 0.15) is 0 Å². The Morgan fingerprint density at radius 1 is 1.60 bits per heavy atom. The summed E-state index contributed by atoms with van der Waals surface area (Å²) in [6.45, 7) is 5.55. The van der Waals surface area contributed by atoms with Crippen LogP contribution in [0.4, 0.5) is 5.13 Å². The number of hydrogen-bond acceptors (Lipinski definition) is 3. The molecule has 15 heavy (non-hydrogen) atoms. The van der Waals surface area contributed by atoms with Crippen molar-refractivity contribution < 1.29 is 0 Å². The molecule has 0 saturated carbocycles. The van der Waals surface area contributed by atoms with Crippen molar-refractivity contribution >= 4 is 32.4 Å². The Morgan fingerprint density at radius 2 is 2.40 bits per heavy atom. The second kappa shape index (κ2) is 4.83. The predicted molar refractivity (Wildman–Crippen MR) is 70.2 cm³/mol. The van der Waals surface area contributed by atoms with Gasteiger partial charge in [-0.1, -0.05) is 22.9 Å². The van der Waals surface area contributed by atoms with Crippen LogP contribution in [-0.4, -0.2) is 22.4 Å². The van der Waals surface area contributed by atoms with Gasteiger partial charge in [-0.05, 0) is 26.2 Å². The van der Waals surface area contributed by atoms with Gasteiger partial charge in [0.15, 0.2) is 5.13 Å². The lowest BCUT2D eigenvalue weighted by Crippen LogP contribution is -2.42. The summed E-state index contributed by atoms with van der Waals surface area (Å²) in [7, 11) is 0. The highest BCUT2D eigenvalue weighted by Gasteiger charge is 2.25. The van der Waals surface area contributed by atoms with Gasteiger partial charge < -0.3 is 4.90 Å². The number of halogens is 1. The first-order valence-electron chi connectivity index (χ1n) is 5.55. The monoisotopic (exact) mass is 288 g/mol. The Kier molecular flexibility index (Phi) is 3.67. The van der Waals surface area contributed by atoms with Crippen LogP contribution in [0.2, 0.25) is 0 Å². The fourth-order valence-corrected chi connectivity index (χ4v) is 3.52. The molecular weight excluding hydrogens is 272 g/mol. The maximum atomic E-state index is 4.66. The topological polar surface area (TPSA) is 16.1 Å². The Bertz CT molecular complexity index is 326. The number of anilines is 1. The van der Waals surface area contributed by atoms with E-state index in [0.29, 0.717) is 10.9 Å². The van der Waals surface area contributed by atoms with E-state index in [9.17, 15) is 0 Å². The van der Waals surface area contributed by atoms with Crippen molar-refractivity contribution in [2.45, 2.75) is 44.0 Å². The quantitative estimate of drug-likeness (QED) is 0.775. The lowest BCUT2D eigenvalue weighted by molar-refractivity contribution is 0.496. The third-order valence-electron chi connectivity index (χ3n) is 2.97. The fraction of sp³-hybridized carbons (Fsp3) is 0.727. The van der Waals surface area contributed by atoms with E-state index in [-0.39, 0.29) is 0 Å². The van der Waals surface area contributed by atoms with Crippen LogP contribution in [0.25, 0.3) is 0 Å². The number of piperidine rings is 1. The van der Waals surface area contributed by atoms with E-state index in [1.165, 1.54) is 23.7 Å². The van der Waals surface area contributed by atoms with Gasteiger partial charge in [-0.2, -0.15) is 0 Å². The van der Waals surface area contributed by atoms with Crippen LogP contribution in [0.5, 0.6) is 0 Å². The van der Waals surface area contributed by atoms with Gasteiger partial charge in [-0.3, -0.25) is 0 Å². The summed E-state index contributed by atoms with van der Waals surface area (Å²) in [5.74, 6) is 0. The van der Waals surface area contributed by atoms with Crippen molar-refractivity contribution in [3.63, 3.8) is 0 Å². The van der Waals surface area contributed by atoms with Gasteiger partial charge in [0.25, 0.3) is 0 Å². The van der Waals surface area contributed by atoms with E-state index in [2.05, 4.69) is 45.0 Å². The molecule has 1 aliphatic heterocycles. The summed E-state index contributed by atoms with van der Waals surface area (Å²) in [5.41, 5.74) is 1.22. The number of aromatic nitrogens is 1. The molecule has 4 heteroatoms. The molecule has 2 heterocycles. The maximum absolute atomic E-state index is 4.66. The average molecular weight is 289 g/mol. The minimum absolute atomic E-state index is 0.627. The number of hydrogen-bond donors (Lipinski definition) is 0. The van der Waals surface area contributed by atoms with E-state index in [4.69, 9.17) is 0 Å². The van der Waals surface area contributed by atoms with Crippen LogP contribution in [0.15, 0.2) is 5.38 Å². The highest BCUT2D eigenvalue weighted by Crippen LogP contribution is 2.30. The Morgan fingerprint density at radius 3 is 3.07 bits per heavy atom. The molecule has 2 unspecified atom stereocenters. The molecule has 2 atom stereocenters. The van der Waals surface area contributed by atoms with Crippen molar-refractivity contribution in [3.05, 3.63) is 11.1 Å². The number of thiazole rings is 1. The molecule has 0 N–H and O–H groups in total. The summed E-state index contributed by atoms with van der Waals surface area (Å²) < 4.78 is 0. The number of alkyl halides is 1. The van der Waals surface area contributed by atoms with Crippen LogP contribution < -0.4 is 4.90 Å². The lowest BCUT2D eigenvalue weighted by atomic mass is 10.0. The van der Waals surface area contributed by atoms with Gasteiger partial charge in [-0.15, -0.1) is 11.3 Å². The molecule has 0 bridgehead atoms. The largest absolute Gasteiger partial charge is 0.344 e. The second-order valence-electron chi connectivity index (χ2n) is 4.15. The summed E-state index contributed by atoms with van der Waals surface area (Å²) in [5, 5.41) is 3.38. The van der Waals surface area contributed by atoms with Crippen molar-refractivity contribution in [2.75, 3.05) is 11.4 Å². The minimum atomic E-state index is 0.627. The third-order valence-corrected chi connectivity index (χ3v) is 4.65. The molecule has 0 aliphatic carbocycles. The summed E-state index contributed by atoms with van der Waals surface area (Å²) in [6.07, 6.45) is 3.58. The molecule has 0 amide bonds. The van der Waals surface area contributed by atoms with Gasteiger partial charge in [-0.25, -0.2) is 4.98 Å². The van der Waals surface area contributed by atoms with Crippen molar-refractivity contribution in [1.82, 2.24) is 4.98 Å². The molecule has 1 saturated heterocycles. The first kappa shape index (κ1) is 11.4. The maximum Gasteiger partial charge on any atom is 0.185 e. The minimum Gasteiger partial charge on any atom is -0.344 e. The predicted octanol–water partition coefficient (Wildman–Crippen LogP) is 3.46. The zero-order valence-electron chi connectivity index (χ0n) is 9.24. The third kappa shape index (κ3) is 2.53. The number of aryl methyl sites for hydroxylation is 1. The second-order valence-corrected chi connectivity index (χ2v) is 6.28. The molecule has 84 valence electrons. The first-order valence-corrected chi connectivity index (χ1v) is 7.35. The van der Waals surface area contributed by atoms with E-state index in [1.54, 1.807) is 11.3 Å². The van der Waals surface area contributed by atoms with Crippen LogP contribution in [0.1, 0.15) is 32.4 Å². The standard InChI is InChI=1S/C11H17BrN2S/c1-3-10-7-15-11(13-10)14-6-9(12)5-4-8(14)2/h7-9H,3-6H2,1-2H3. The van der Waals surface area contributed by atoms with E-state index >= 15 is 0 Å². The number of rotatable bonds is 2. The zero-order valence-corrected chi connectivity index (χ0v) is 11.6. The Labute approximate surface area is 104 Å². The van der Waals surface area contributed by atoms with E-state index < -0.39 is 0 Å². The van der Waals surface area contributed by atoms with Gasteiger partial charge in [0.2, 0.25) is 0 Å². The van der Waals surface area contributed by atoms with Crippen LogP contribution >= 0.6 is 27.3 Å². The van der Waals surface area contributed by atoms with Crippen LogP contribution in [0, 0.1) is 0 Å². The van der Waals surface area contributed by atoms with Crippen molar-refractivity contribution in [1.29, 1.82) is 0 Å². The SMILES string of the molecule is CCc1csc(N2CC(Br)CCC2C)n1. The van der Waals surface area contributed by atoms with Crippen LogP contribution in [-0.2, 0) is 6.42 Å². The first-order chi connectivity index (χ1) is 7.20. The molecule has 1 aromatic rings. The Hall–Kier alpha value is -0.0900. The van der Waals surface area contributed by atoms with E-state index in [0.717, 1.165) is 13.0 Å². The Balaban J connectivity index is 2.13. The molecule has 1 aromatic heterocycles. The fourth-order valence-electron chi connectivity index (χ4n) is 1.92.